The Hall–Kier alpha value is -2.59. The van der Waals surface area contributed by atoms with Crippen molar-refractivity contribution in [1.82, 2.24) is 20.2 Å². The van der Waals surface area contributed by atoms with Crippen molar-refractivity contribution in [2.75, 3.05) is 25.0 Å². The van der Waals surface area contributed by atoms with Crippen molar-refractivity contribution in [2.24, 2.45) is 0 Å². The second-order valence-corrected chi connectivity index (χ2v) is 12.6. The molecule has 10 heteroatoms. The zero-order valence-corrected chi connectivity index (χ0v) is 23.1. The summed E-state index contributed by atoms with van der Waals surface area (Å²) in [6.45, 7) is 3.94. The molecular weight excluding hydrogens is 505 g/mol. The van der Waals surface area contributed by atoms with E-state index in [4.69, 9.17) is 4.98 Å². The highest BCUT2D eigenvalue weighted by Crippen LogP contribution is 2.47. The third-order valence-electron chi connectivity index (χ3n) is 7.57. The molecule has 38 heavy (non-hydrogen) atoms. The predicted octanol–water partition coefficient (Wildman–Crippen LogP) is 4.90. The monoisotopic (exact) mass is 543 g/mol. The first-order chi connectivity index (χ1) is 18.2. The van der Waals surface area contributed by atoms with Crippen molar-refractivity contribution in [1.29, 1.82) is 0 Å². The van der Waals surface area contributed by atoms with E-state index in [0.29, 0.717) is 42.8 Å². The molecule has 0 aromatic carbocycles. The van der Waals surface area contributed by atoms with Gasteiger partial charge in [-0.15, -0.1) is 11.3 Å². The molecule has 206 valence electrons. The molecule has 5 rings (SSSR count). The van der Waals surface area contributed by atoms with E-state index in [1.165, 1.54) is 30.6 Å². The zero-order valence-electron chi connectivity index (χ0n) is 22.3. The van der Waals surface area contributed by atoms with Gasteiger partial charge in [-0.3, -0.25) is 9.59 Å². The second kappa shape index (κ2) is 11.3. The molecule has 3 N–H and O–H groups in total. The number of alkyl halides is 1. The Balaban J connectivity index is 1.48. The van der Waals surface area contributed by atoms with E-state index in [9.17, 15) is 19.1 Å². The molecule has 0 radical (unpaired) electrons. The zero-order chi connectivity index (χ0) is 26.9. The molecule has 1 aliphatic heterocycles. The van der Waals surface area contributed by atoms with Crippen LogP contribution in [-0.2, 0) is 0 Å². The van der Waals surface area contributed by atoms with Crippen LogP contribution in [0, 0.1) is 0 Å². The number of nitrogens with zero attached hydrogens (tertiary/aromatic N) is 3. The quantitative estimate of drug-likeness (QED) is 0.437. The van der Waals surface area contributed by atoms with E-state index < -0.39 is 17.7 Å². The molecule has 2 aromatic heterocycles. The summed E-state index contributed by atoms with van der Waals surface area (Å²) in [7, 11) is 0. The number of hydrogen-bond donors (Lipinski definition) is 3. The number of aromatic nitrogens is 2. The van der Waals surface area contributed by atoms with E-state index >= 15 is 0 Å². The number of aliphatic hydroxyl groups is 1. The Labute approximate surface area is 227 Å². The highest BCUT2D eigenvalue weighted by Gasteiger charge is 2.33. The topological polar surface area (TPSA) is 107 Å². The number of carbonyl (C=O) groups excluding carboxylic acids is 2. The van der Waals surface area contributed by atoms with Crippen LogP contribution < -0.4 is 10.6 Å². The molecule has 8 nitrogen and oxygen atoms in total. The number of likely N-dealkylation sites (tertiary alicyclic amines) is 1. The highest BCUT2D eigenvalue weighted by molar-refractivity contribution is 7.17. The minimum Gasteiger partial charge on any atom is -0.389 e. The van der Waals surface area contributed by atoms with Gasteiger partial charge >= 0.3 is 0 Å². The van der Waals surface area contributed by atoms with Gasteiger partial charge in [0, 0.05) is 37.4 Å². The van der Waals surface area contributed by atoms with E-state index in [0.717, 1.165) is 42.6 Å². The van der Waals surface area contributed by atoms with Gasteiger partial charge < -0.3 is 20.6 Å². The molecular formula is C28H38FN5O3S. The third kappa shape index (κ3) is 6.51. The van der Waals surface area contributed by atoms with E-state index in [1.54, 1.807) is 18.7 Å². The number of halogens is 1. The largest absolute Gasteiger partial charge is 0.389 e. The van der Waals surface area contributed by atoms with Gasteiger partial charge in [0.25, 0.3) is 11.8 Å². The van der Waals surface area contributed by atoms with Crippen LogP contribution in [0.2, 0.25) is 0 Å². The number of amides is 2. The number of hydrogen-bond acceptors (Lipinski definition) is 7. The average molecular weight is 544 g/mol. The molecule has 2 amide bonds. The van der Waals surface area contributed by atoms with Crippen molar-refractivity contribution in [3.05, 3.63) is 28.5 Å². The Morgan fingerprint density at radius 3 is 2.50 bits per heavy atom. The Kier molecular flexibility index (Phi) is 8.00. The van der Waals surface area contributed by atoms with Crippen LogP contribution in [0.3, 0.4) is 0 Å². The van der Waals surface area contributed by atoms with E-state index in [2.05, 4.69) is 21.7 Å². The fourth-order valence-electron chi connectivity index (χ4n) is 5.25. The molecule has 0 bridgehead atoms. The molecule has 0 atom stereocenters. The van der Waals surface area contributed by atoms with E-state index in [1.807, 2.05) is 6.20 Å². The van der Waals surface area contributed by atoms with Crippen LogP contribution in [0.25, 0.3) is 10.4 Å². The highest BCUT2D eigenvalue weighted by atomic mass is 32.1. The lowest BCUT2D eigenvalue weighted by atomic mass is 9.95. The lowest BCUT2D eigenvalue weighted by Gasteiger charge is -2.28. The normalized spacial score (nSPS) is 19.4. The van der Waals surface area contributed by atoms with Crippen LogP contribution in [0.4, 0.5) is 10.2 Å². The van der Waals surface area contributed by atoms with Gasteiger partial charge in [-0.05, 0) is 69.9 Å². The van der Waals surface area contributed by atoms with Gasteiger partial charge in [-0.1, -0.05) is 19.3 Å². The number of thiazole rings is 1. The lowest BCUT2D eigenvalue weighted by molar-refractivity contribution is 0.0660. The maximum atomic E-state index is 13.8. The van der Waals surface area contributed by atoms with Crippen LogP contribution in [-0.4, -0.2) is 69.2 Å². The average Bonchev–Trinajstić information content (AvgIpc) is 3.65. The van der Waals surface area contributed by atoms with Gasteiger partial charge in [-0.2, -0.15) is 0 Å². The SMILES string of the molecule is CC(C)(O)CNC(=O)c1nc(C(=O)N2CCC(F)CC2)c(-c2cnc(NC3CCCCC3)cc2C2CC2)s1. The van der Waals surface area contributed by atoms with Gasteiger partial charge in [0.15, 0.2) is 5.01 Å². The summed E-state index contributed by atoms with van der Waals surface area (Å²) in [4.78, 5) is 38.1. The molecule has 2 aromatic rings. The van der Waals surface area contributed by atoms with Gasteiger partial charge in [0.1, 0.15) is 17.7 Å². The summed E-state index contributed by atoms with van der Waals surface area (Å²) >= 11 is 1.18. The predicted molar refractivity (Wildman–Crippen MR) is 146 cm³/mol. The Morgan fingerprint density at radius 2 is 1.84 bits per heavy atom. The van der Waals surface area contributed by atoms with Crippen LogP contribution in [0.1, 0.15) is 103 Å². The standard InChI is InChI=1S/C28H38FN5O3S/c1-28(2,37)16-31-25(35)26-33-23(27(36)34-12-10-18(29)11-13-34)24(38-26)21-15-30-22(14-20(21)17-8-9-17)32-19-6-4-3-5-7-19/h14-15,17-19,37H,3-13,16H2,1-2H3,(H,30,32)(H,31,35). The van der Waals surface area contributed by atoms with Crippen molar-refractivity contribution < 1.29 is 19.1 Å². The smallest absolute Gasteiger partial charge is 0.280 e. The minimum atomic E-state index is -1.07. The molecule has 2 aliphatic carbocycles. The van der Waals surface area contributed by atoms with Gasteiger partial charge in [0.2, 0.25) is 0 Å². The fraction of sp³-hybridized carbons (Fsp3) is 0.643. The summed E-state index contributed by atoms with van der Waals surface area (Å²) in [5.74, 6) is 0.528. The van der Waals surface area contributed by atoms with E-state index in [-0.39, 0.29) is 23.2 Å². The summed E-state index contributed by atoms with van der Waals surface area (Å²) < 4.78 is 13.8. The van der Waals surface area contributed by atoms with Crippen LogP contribution in [0.15, 0.2) is 12.3 Å². The van der Waals surface area contributed by atoms with Gasteiger partial charge in [-0.25, -0.2) is 14.4 Å². The van der Waals surface area contributed by atoms with Crippen molar-refractivity contribution in [2.45, 2.75) is 95.4 Å². The Morgan fingerprint density at radius 1 is 1.13 bits per heavy atom. The maximum absolute atomic E-state index is 13.8. The maximum Gasteiger partial charge on any atom is 0.280 e. The first-order valence-corrected chi connectivity index (χ1v) is 14.7. The van der Waals surface area contributed by atoms with Crippen molar-refractivity contribution >= 4 is 29.0 Å². The molecule has 0 spiro atoms. The summed E-state index contributed by atoms with van der Waals surface area (Å²) in [6.07, 6.45) is 9.72. The summed E-state index contributed by atoms with van der Waals surface area (Å²) in [5.41, 5.74) is 1.11. The third-order valence-corrected chi connectivity index (χ3v) is 8.66. The Bertz CT molecular complexity index is 1160. The first-order valence-electron chi connectivity index (χ1n) is 13.9. The van der Waals surface area contributed by atoms with Crippen LogP contribution in [0.5, 0.6) is 0 Å². The number of rotatable bonds is 8. The molecule has 3 aliphatic rings. The fourth-order valence-corrected chi connectivity index (χ4v) is 6.25. The molecule has 0 unspecified atom stereocenters. The first kappa shape index (κ1) is 27.0. The number of pyridine rings is 1. The summed E-state index contributed by atoms with van der Waals surface area (Å²) in [6, 6.07) is 2.54. The van der Waals surface area contributed by atoms with Crippen molar-refractivity contribution in [3.63, 3.8) is 0 Å². The number of carbonyl (C=O) groups is 2. The second-order valence-electron chi connectivity index (χ2n) is 11.6. The van der Waals surface area contributed by atoms with Gasteiger partial charge in [0.05, 0.1) is 10.5 Å². The number of anilines is 1. The molecule has 1 saturated heterocycles. The minimum absolute atomic E-state index is 0.0600. The number of piperidine rings is 1. The lowest BCUT2D eigenvalue weighted by Crippen LogP contribution is -2.39. The van der Waals surface area contributed by atoms with Crippen LogP contribution >= 0.6 is 11.3 Å². The molecule has 3 fully saturated rings. The molecule has 3 heterocycles. The number of nitrogens with one attached hydrogen (secondary N) is 2. The van der Waals surface area contributed by atoms with Crippen molar-refractivity contribution in [3.8, 4) is 10.4 Å². The summed E-state index contributed by atoms with van der Waals surface area (Å²) in [5, 5.41) is 16.5. The molecule has 2 saturated carbocycles.